The van der Waals surface area contributed by atoms with Crippen LogP contribution in [0.3, 0.4) is 0 Å². The molecule has 94 valence electrons. The highest BCUT2D eigenvalue weighted by Gasteiger charge is 2.18. The molecular weight excluding hydrogens is 216 g/mol. The van der Waals surface area contributed by atoms with Crippen LogP contribution < -0.4 is 14.2 Å². The van der Waals surface area contributed by atoms with E-state index in [0.717, 1.165) is 22.8 Å². The molecule has 0 saturated heterocycles. The molecule has 0 fully saturated rings. The Morgan fingerprint density at radius 3 is 2.29 bits per heavy atom. The van der Waals surface area contributed by atoms with Gasteiger partial charge < -0.3 is 14.2 Å². The first-order valence-electron chi connectivity index (χ1n) is 5.64. The summed E-state index contributed by atoms with van der Waals surface area (Å²) in [6.45, 7) is 8.28. The van der Waals surface area contributed by atoms with Gasteiger partial charge in [0, 0.05) is 5.56 Å². The van der Waals surface area contributed by atoms with Crippen LogP contribution in [-0.2, 0) is 0 Å². The molecule has 0 radical (unpaired) electrons. The van der Waals surface area contributed by atoms with Gasteiger partial charge in [0.05, 0.1) is 14.2 Å². The van der Waals surface area contributed by atoms with Crippen molar-refractivity contribution in [1.29, 1.82) is 0 Å². The zero-order valence-corrected chi connectivity index (χ0v) is 10.9. The summed E-state index contributed by atoms with van der Waals surface area (Å²) in [5.41, 5.74) is 1.02. The van der Waals surface area contributed by atoms with E-state index >= 15 is 0 Å². The molecule has 3 nitrogen and oxygen atoms in total. The Morgan fingerprint density at radius 1 is 1.18 bits per heavy atom. The topological polar surface area (TPSA) is 27.7 Å². The fourth-order valence-corrected chi connectivity index (χ4v) is 1.76. The minimum absolute atomic E-state index is 0.298. The lowest BCUT2D eigenvalue weighted by Crippen LogP contribution is -2.02. The molecule has 0 amide bonds. The van der Waals surface area contributed by atoms with Gasteiger partial charge in [-0.15, -0.1) is 0 Å². The lowest BCUT2D eigenvalue weighted by atomic mass is 10.0. The van der Waals surface area contributed by atoms with Crippen molar-refractivity contribution >= 4 is 0 Å². The number of benzene rings is 1. The van der Waals surface area contributed by atoms with Gasteiger partial charge in [-0.3, -0.25) is 0 Å². The molecule has 1 aromatic rings. The summed E-state index contributed by atoms with van der Waals surface area (Å²) in [7, 11) is 3.30. The third-order valence-electron chi connectivity index (χ3n) is 2.48. The largest absolute Gasteiger partial charge is 0.496 e. The molecule has 17 heavy (non-hydrogen) atoms. The zero-order chi connectivity index (χ0) is 12.8. The average Bonchev–Trinajstić information content (AvgIpc) is 2.34. The van der Waals surface area contributed by atoms with Crippen molar-refractivity contribution in [3.8, 4) is 17.2 Å². The van der Waals surface area contributed by atoms with Crippen molar-refractivity contribution in [2.24, 2.45) is 0 Å². The molecule has 0 N–H and O–H groups in total. The summed E-state index contributed by atoms with van der Waals surface area (Å²) < 4.78 is 16.4. The van der Waals surface area contributed by atoms with E-state index in [-0.39, 0.29) is 0 Å². The number of hydrogen-bond acceptors (Lipinski definition) is 3. The number of ether oxygens (including phenoxy) is 3. The van der Waals surface area contributed by atoms with Crippen molar-refractivity contribution in [1.82, 2.24) is 0 Å². The molecular formula is C14H20O3. The molecule has 0 saturated carbocycles. The highest BCUT2D eigenvalue weighted by molar-refractivity contribution is 5.55. The fourth-order valence-electron chi connectivity index (χ4n) is 1.76. The quantitative estimate of drug-likeness (QED) is 0.708. The second-order valence-corrected chi connectivity index (χ2v) is 3.97. The van der Waals surface area contributed by atoms with Crippen molar-refractivity contribution in [3.63, 3.8) is 0 Å². The van der Waals surface area contributed by atoms with Crippen molar-refractivity contribution in [3.05, 3.63) is 30.4 Å². The van der Waals surface area contributed by atoms with Crippen LogP contribution in [0.5, 0.6) is 17.2 Å². The normalized spacial score (nSPS) is 10.2. The second-order valence-electron chi connectivity index (χ2n) is 3.97. The van der Waals surface area contributed by atoms with Gasteiger partial charge in [-0.1, -0.05) is 26.5 Å². The summed E-state index contributed by atoms with van der Waals surface area (Å²) in [6.07, 6.45) is 1.71. The van der Waals surface area contributed by atoms with Gasteiger partial charge in [-0.2, -0.15) is 0 Å². The molecule has 3 heteroatoms. The molecule has 0 aliphatic heterocycles. The van der Waals surface area contributed by atoms with Crippen LogP contribution in [0.2, 0.25) is 0 Å². The Kier molecular flexibility index (Phi) is 4.88. The Labute approximate surface area is 103 Å². The standard InChI is InChI=1S/C14H20O3/c1-6-9-17-12-8-7-11(15-4)13(10(2)3)14(12)16-5/h6-8,10H,1,9H2,2-5H3. The lowest BCUT2D eigenvalue weighted by molar-refractivity contribution is 0.318. The first kappa shape index (κ1) is 13.4. The molecule has 0 aliphatic carbocycles. The van der Waals surface area contributed by atoms with Crippen LogP contribution in [0, 0.1) is 0 Å². The van der Waals surface area contributed by atoms with Crippen molar-refractivity contribution < 1.29 is 14.2 Å². The van der Waals surface area contributed by atoms with E-state index < -0.39 is 0 Å². The van der Waals surface area contributed by atoms with Gasteiger partial charge in [-0.25, -0.2) is 0 Å². The number of rotatable bonds is 6. The Balaban J connectivity index is 3.25. The summed E-state index contributed by atoms with van der Waals surface area (Å²) in [4.78, 5) is 0. The smallest absolute Gasteiger partial charge is 0.167 e. The van der Waals surface area contributed by atoms with E-state index in [2.05, 4.69) is 20.4 Å². The Bertz CT molecular complexity index is 383. The number of hydrogen-bond donors (Lipinski definition) is 0. The highest BCUT2D eigenvalue weighted by Crippen LogP contribution is 2.41. The van der Waals surface area contributed by atoms with Crippen molar-refractivity contribution in [2.75, 3.05) is 20.8 Å². The van der Waals surface area contributed by atoms with Gasteiger partial charge in [-0.05, 0) is 18.1 Å². The van der Waals surface area contributed by atoms with Crippen LogP contribution in [0.25, 0.3) is 0 Å². The predicted octanol–water partition coefficient (Wildman–Crippen LogP) is 3.39. The van der Waals surface area contributed by atoms with Gasteiger partial charge in [0.2, 0.25) is 0 Å². The maximum Gasteiger partial charge on any atom is 0.167 e. The van der Waals surface area contributed by atoms with E-state index in [4.69, 9.17) is 14.2 Å². The minimum atomic E-state index is 0.298. The molecule has 0 unspecified atom stereocenters. The third-order valence-corrected chi connectivity index (χ3v) is 2.48. The second kappa shape index (κ2) is 6.18. The summed E-state index contributed by atoms with van der Waals surface area (Å²) in [5, 5.41) is 0. The first-order chi connectivity index (χ1) is 8.15. The van der Waals surface area contributed by atoms with Crippen LogP contribution in [0.15, 0.2) is 24.8 Å². The van der Waals surface area contributed by atoms with Gasteiger partial charge in [0.15, 0.2) is 11.5 Å². The maximum atomic E-state index is 5.57. The zero-order valence-electron chi connectivity index (χ0n) is 10.9. The number of methoxy groups -OCH3 is 2. The van der Waals surface area contributed by atoms with E-state index in [1.807, 2.05) is 12.1 Å². The van der Waals surface area contributed by atoms with E-state index in [1.165, 1.54) is 0 Å². The van der Waals surface area contributed by atoms with Crippen LogP contribution in [0.1, 0.15) is 25.3 Å². The van der Waals surface area contributed by atoms with Crippen LogP contribution in [-0.4, -0.2) is 20.8 Å². The van der Waals surface area contributed by atoms with Gasteiger partial charge in [0.25, 0.3) is 0 Å². The molecule has 0 atom stereocenters. The Morgan fingerprint density at radius 2 is 1.82 bits per heavy atom. The maximum absolute atomic E-state index is 5.57. The predicted molar refractivity (Wildman–Crippen MR) is 69.3 cm³/mol. The van der Waals surface area contributed by atoms with Gasteiger partial charge >= 0.3 is 0 Å². The van der Waals surface area contributed by atoms with E-state index in [0.29, 0.717) is 12.5 Å². The molecule has 1 aromatic carbocycles. The van der Waals surface area contributed by atoms with Gasteiger partial charge in [0.1, 0.15) is 12.4 Å². The monoisotopic (exact) mass is 236 g/mol. The SMILES string of the molecule is C=CCOc1ccc(OC)c(C(C)C)c1OC. The molecule has 1 rings (SSSR count). The summed E-state index contributed by atoms with van der Waals surface area (Å²) in [5.74, 6) is 2.58. The molecule has 0 aromatic heterocycles. The summed E-state index contributed by atoms with van der Waals surface area (Å²) >= 11 is 0. The highest BCUT2D eigenvalue weighted by atomic mass is 16.5. The van der Waals surface area contributed by atoms with E-state index in [9.17, 15) is 0 Å². The molecule has 0 bridgehead atoms. The summed E-state index contributed by atoms with van der Waals surface area (Å²) in [6, 6.07) is 3.75. The Hall–Kier alpha value is -1.64. The molecule has 0 spiro atoms. The molecule has 0 heterocycles. The first-order valence-corrected chi connectivity index (χ1v) is 5.64. The lowest BCUT2D eigenvalue weighted by Gasteiger charge is -2.19. The fraction of sp³-hybridized carbons (Fsp3) is 0.429. The van der Waals surface area contributed by atoms with Crippen LogP contribution >= 0.6 is 0 Å². The average molecular weight is 236 g/mol. The molecule has 0 aliphatic rings. The van der Waals surface area contributed by atoms with E-state index in [1.54, 1.807) is 20.3 Å². The van der Waals surface area contributed by atoms with Crippen molar-refractivity contribution in [2.45, 2.75) is 19.8 Å². The minimum Gasteiger partial charge on any atom is -0.496 e. The van der Waals surface area contributed by atoms with Crippen LogP contribution in [0.4, 0.5) is 0 Å². The third kappa shape index (κ3) is 2.93.